The van der Waals surface area contributed by atoms with Crippen LogP contribution in [0.15, 0.2) is 60.7 Å². The topological polar surface area (TPSA) is 81.9 Å². The molecule has 8 heteroatoms. The summed E-state index contributed by atoms with van der Waals surface area (Å²) in [5.41, 5.74) is 2.79. The molecule has 4 rings (SSSR count). The molecule has 0 aliphatic carbocycles. The predicted molar refractivity (Wildman–Crippen MR) is 121 cm³/mol. The molecular weight excluding hydrogens is 432 g/mol. The number of nitrogens with zero attached hydrogens (tertiary/aromatic N) is 2. The molecule has 1 atom stereocenters. The normalized spacial score (nSPS) is 15.1. The summed E-state index contributed by atoms with van der Waals surface area (Å²) in [7, 11) is 3.15. The summed E-state index contributed by atoms with van der Waals surface area (Å²) in [6, 6.07) is 16.9. The monoisotopic (exact) mass is 452 g/mol. The van der Waals surface area contributed by atoms with E-state index in [9.17, 15) is 14.9 Å². The smallest absolute Gasteiger partial charge is 0.270 e. The van der Waals surface area contributed by atoms with Crippen molar-refractivity contribution in [1.82, 2.24) is 4.90 Å². The van der Waals surface area contributed by atoms with Crippen LogP contribution in [0.4, 0.5) is 5.69 Å². The number of non-ortho nitro benzene ring substituents is 1. The van der Waals surface area contributed by atoms with Crippen LogP contribution in [0.25, 0.3) is 0 Å². The summed E-state index contributed by atoms with van der Waals surface area (Å²) in [5, 5.41) is 11.4. The van der Waals surface area contributed by atoms with Crippen LogP contribution < -0.4 is 9.47 Å². The molecule has 3 aromatic carbocycles. The van der Waals surface area contributed by atoms with E-state index in [1.54, 1.807) is 19.1 Å². The highest BCUT2D eigenvalue weighted by atomic mass is 35.5. The van der Waals surface area contributed by atoms with Gasteiger partial charge in [-0.2, -0.15) is 0 Å². The number of carbonyl (C=O) groups excluding carboxylic acids is 1. The van der Waals surface area contributed by atoms with Crippen molar-refractivity contribution in [3.8, 4) is 11.5 Å². The van der Waals surface area contributed by atoms with E-state index in [1.807, 2.05) is 42.5 Å². The van der Waals surface area contributed by atoms with E-state index in [1.165, 1.54) is 18.2 Å². The molecule has 0 radical (unpaired) electrons. The first kappa shape index (κ1) is 21.6. The molecule has 1 aliphatic heterocycles. The summed E-state index contributed by atoms with van der Waals surface area (Å²) in [6.45, 7) is 0.417. The lowest BCUT2D eigenvalue weighted by Gasteiger charge is -2.38. The molecule has 7 nitrogen and oxygen atoms in total. The molecule has 0 saturated carbocycles. The number of hydrogen-bond acceptors (Lipinski definition) is 5. The minimum absolute atomic E-state index is 0.103. The van der Waals surface area contributed by atoms with Gasteiger partial charge in [0.05, 0.1) is 35.8 Å². The van der Waals surface area contributed by atoms with E-state index >= 15 is 0 Å². The molecule has 32 heavy (non-hydrogen) atoms. The predicted octanol–water partition coefficient (Wildman–Crippen LogP) is 5.05. The first-order valence-corrected chi connectivity index (χ1v) is 10.4. The maximum absolute atomic E-state index is 13.6. The second kappa shape index (κ2) is 8.88. The van der Waals surface area contributed by atoms with Gasteiger partial charge in [0.15, 0.2) is 11.5 Å². The number of rotatable bonds is 5. The summed E-state index contributed by atoms with van der Waals surface area (Å²) in [5.74, 6) is 0.822. The molecular formula is C24H21ClN2O5. The van der Waals surface area contributed by atoms with Gasteiger partial charge in [-0.1, -0.05) is 41.9 Å². The second-order valence-electron chi connectivity index (χ2n) is 7.39. The Kier molecular flexibility index (Phi) is 6.01. The van der Waals surface area contributed by atoms with Crippen LogP contribution in [0.1, 0.15) is 33.1 Å². The minimum atomic E-state index is -0.537. The number of benzene rings is 3. The summed E-state index contributed by atoms with van der Waals surface area (Å²) >= 11 is 6.29. The molecule has 164 valence electrons. The Morgan fingerprint density at radius 3 is 2.41 bits per heavy atom. The lowest BCUT2D eigenvalue weighted by atomic mass is 9.87. The molecule has 0 saturated heterocycles. The fourth-order valence-corrected chi connectivity index (χ4v) is 4.30. The van der Waals surface area contributed by atoms with Crippen LogP contribution in [0, 0.1) is 10.1 Å². The minimum Gasteiger partial charge on any atom is -0.493 e. The Labute approximate surface area is 190 Å². The van der Waals surface area contributed by atoms with E-state index in [2.05, 4.69) is 0 Å². The Morgan fingerprint density at radius 1 is 1.06 bits per heavy atom. The number of nitro benzene ring substituents is 1. The highest BCUT2D eigenvalue weighted by Gasteiger charge is 2.35. The molecule has 0 aromatic heterocycles. The van der Waals surface area contributed by atoms with Crippen molar-refractivity contribution >= 4 is 23.2 Å². The third-order valence-corrected chi connectivity index (χ3v) is 5.97. The number of hydrogen-bond donors (Lipinski definition) is 0. The van der Waals surface area contributed by atoms with E-state index in [0.717, 1.165) is 16.7 Å². The van der Waals surface area contributed by atoms with Crippen molar-refractivity contribution in [2.75, 3.05) is 20.8 Å². The first-order valence-electron chi connectivity index (χ1n) is 9.99. The van der Waals surface area contributed by atoms with E-state index in [4.69, 9.17) is 21.1 Å². The van der Waals surface area contributed by atoms with Crippen LogP contribution in [0.3, 0.4) is 0 Å². The first-order chi connectivity index (χ1) is 15.4. The number of ether oxygens (including phenoxy) is 2. The van der Waals surface area contributed by atoms with Gasteiger partial charge in [0.1, 0.15) is 0 Å². The maximum atomic E-state index is 13.6. The number of halogens is 1. The number of carbonyl (C=O) groups is 1. The van der Waals surface area contributed by atoms with Gasteiger partial charge >= 0.3 is 0 Å². The van der Waals surface area contributed by atoms with E-state index in [-0.39, 0.29) is 22.2 Å². The number of fused-ring (bicyclic) bond motifs is 1. The molecule has 1 unspecified atom stereocenters. The van der Waals surface area contributed by atoms with Gasteiger partial charge in [0.25, 0.3) is 11.6 Å². The van der Waals surface area contributed by atoms with Crippen LogP contribution in [0.2, 0.25) is 5.02 Å². The van der Waals surface area contributed by atoms with Crippen LogP contribution in [-0.4, -0.2) is 36.5 Å². The van der Waals surface area contributed by atoms with Gasteiger partial charge in [0, 0.05) is 18.7 Å². The molecule has 0 N–H and O–H groups in total. The lowest BCUT2D eigenvalue weighted by molar-refractivity contribution is -0.384. The van der Waals surface area contributed by atoms with Gasteiger partial charge in [0.2, 0.25) is 0 Å². The molecule has 1 heterocycles. The van der Waals surface area contributed by atoms with Crippen molar-refractivity contribution in [3.05, 3.63) is 98.1 Å². The average molecular weight is 453 g/mol. The van der Waals surface area contributed by atoms with Gasteiger partial charge in [-0.3, -0.25) is 14.9 Å². The summed E-state index contributed by atoms with van der Waals surface area (Å²) < 4.78 is 11.0. The molecule has 1 amide bonds. The third-order valence-electron chi connectivity index (χ3n) is 5.64. The average Bonchev–Trinajstić information content (AvgIpc) is 2.82. The second-order valence-corrected chi connectivity index (χ2v) is 7.80. The van der Waals surface area contributed by atoms with Gasteiger partial charge in [-0.15, -0.1) is 0 Å². The van der Waals surface area contributed by atoms with E-state index in [0.29, 0.717) is 24.5 Å². The maximum Gasteiger partial charge on any atom is 0.270 e. The standard InChI is InChI=1S/C24H21ClN2O5/c1-31-21-12-16-10-11-26(24(28)19-13-17(27(29)30)8-9-20(19)25)23(15-6-4-3-5-7-15)18(16)14-22(21)32-2/h3-9,12-14,23H,10-11H2,1-2H3. The van der Waals surface area contributed by atoms with E-state index < -0.39 is 11.0 Å². The zero-order valence-corrected chi connectivity index (χ0v) is 18.3. The lowest BCUT2D eigenvalue weighted by Crippen LogP contribution is -2.40. The zero-order chi connectivity index (χ0) is 22.8. The van der Waals surface area contributed by atoms with Crippen LogP contribution in [0.5, 0.6) is 11.5 Å². The van der Waals surface area contributed by atoms with Gasteiger partial charge in [-0.25, -0.2) is 0 Å². The molecule has 0 spiro atoms. The Balaban J connectivity index is 1.85. The highest BCUT2D eigenvalue weighted by Crippen LogP contribution is 2.42. The quantitative estimate of drug-likeness (QED) is 0.399. The van der Waals surface area contributed by atoms with Crippen LogP contribution in [-0.2, 0) is 6.42 Å². The number of amides is 1. The SMILES string of the molecule is COc1cc2c(cc1OC)C(c1ccccc1)N(C(=O)c1cc([N+](=O)[O-])ccc1Cl)CC2. The molecule has 1 aliphatic rings. The fourth-order valence-electron chi connectivity index (χ4n) is 4.10. The molecule has 3 aromatic rings. The molecule has 0 fully saturated rings. The molecule has 0 bridgehead atoms. The van der Waals surface area contributed by atoms with Crippen molar-refractivity contribution in [2.45, 2.75) is 12.5 Å². The number of nitro groups is 1. The zero-order valence-electron chi connectivity index (χ0n) is 17.6. The van der Waals surface area contributed by atoms with Crippen molar-refractivity contribution in [2.24, 2.45) is 0 Å². The fraction of sp³-hybridized carbons (Fsp3) is 0.208. The Morgan fingerprint density at radius 2 is 1.75 bits per heavy atom. The Bertz CT molecular complexity index is 1180. The van der Waals surface area contributed by atoms with Gasteiger partial charge < -0.3 is 14.4 Å². The largest absolute Gasteiger partial charge is 0.493 e. The van der Waals surface area contributed by atoms with Crippen molar-refractivity contribution in [1.29, 1.82) is 0 Å². The van der Waals surface area contributed by atoms with Crippen molar-refractivity contribution < 1.29 is 19.2 Å². The van der Waals surface area contributed by atoms with Crippen molar-refractivity contribution in [3.63, 3.8) is 0 Å². The highest BCUT2D eigenvalue weighted by molar-refractivity contribution is 6.34. The summed E-state index contributed by atoms with van der Waals surface area (Å²) in [6.07, 6.45) is 0.595. The third kappa shape index (κ3) is 3.87. The van der Waals surface area contributed by atoms with Crippen LogP contribution >= 0.6 is 11.6 Å². The number of methoxy groups -OCH3 is 2. The van der Waals surface area contributed by atoms with Gasteiger partial charge in [-0.05, 0) is 41.3 Å². The summed E-state index contributed by atoms with van der Waals surface area (Å²) in [4.78, 5) is 26.1. The Hall–Kier alpha value is -3.58.